The second kappa shape index (κ2) is 5.94. The zero-order valence-corrected chi connectivity index (χ0v) is 10.6. The van der Waals surface area contributed by atoms with Crippen LogP contribution in [0, 0.1) is 23.5 Å². The summed E-state index contributed by atoms with van der Waals surface area (Å²) in [6, 6.07) is 3.07. The minimum atomic E-state index is -1.68. The molecule has 20 heavy (non-hydrogen) atoms. The molecule has 108 valence electrons. The molecule has 2 heterocycles. The fourth-order valence-corrected chi connectivity index (χ4v) is 1.75. The molecule has 0 saturated heterocycles. The van der Waals surface area contributed by atoms with Crippen molar-refractivity contribution in [3.8, 4) is 0 Å². The van der Waals surface area contributed by atoms with E-state index < -0.39 is 35.3 Å². The van der Waals surface area contributed by atoms with Crippen molar-refractivity contribution in [2.45, 2.75) is 25.8 Å². The Bertz CT molecular complexity index is 560. The number of aromatic nitrogens is 1. The minimum absolute atomic E-state index is 0.412. The highest BCUT2D eigenvalue weighted by molar-refractivity contribution is 5.46. The zero-order chi connectivity index (χ0) is 14.7. The fraction of sp³-hybridized carbons (Fsp3) is 0.308. The molecule has 0 bridgehead atoms. The van der Waals surface area contributed by atoms with Crippen LogP contribution in [0.1, 0.15) is 19.1 Å². The van der Waals surface area contributed by atoms with Gasteiger partial charge in [0.15, 0.2) is 0 Å². The molecule has 0 aromatic carbocycles. The Kier molecular flexibility index (Phi) is 4.26. The Morgan fingerprint density at radius 2 is 1.85 bits per heavy atom. The number of furan rings is 1. The van der Waals surface area contributed by atoms with Crippen molar-refractivity contribution >= 4 is 5.69 Å². The lowest BCUT2D eigenvalue weighted by Crippen LogP contribution is -2.19. The van der Waals surface area contributed by atoms with Gasteiger partial charge in [0.25, 0.3) is 11.9 Å². The number of pyridine rings is 1. The first-order chi connectivity index (χ1) is 9.49. The first-order valence-corrected chi connectivity index (χ1v) is 5.98. The summed E-state index contributed by atoms with van der Waals surface area (Å²) in [5.74, 6) is -5.71. The molecule has 2 rings (SSSR count). The quantitative estimate of drug-likeness (QED) is 0.674. The maximum atomic E-state index is 13.4. The molecule has 7 heteroatoms. The molecule has 0 aliphatic heterocycles. The normalized spacial score (nSPS) is 12.4. The number of hydrogen-bond donors (Lipinski definition) is 1. The maximum Gasteiger partial charge on any atom is 0.253 e. The summed E-state index contributed by atoms with van der Waals surface area (Å²) in [4.78, 5) is 2.49. The third kappa shape index (κ3) is 3.09. The summed E-state index contributed by atoms with van der Waals surface area (Å²) >= 11 is 0. The van der Waals surface area contributed by atoms with E-state index in [1.54, 1.807) is 19.1 Å². The topological polar surface area (TPSA) is 38.1 Å². The van der Waals surface area contributed by atoms with Crippen molar-refractivity contribution in [1.29, 1.82) is 0 Å². The first-order valence-electron chi connectivity index (χ1n) is 5.98. The highest BCUT2D eigenvalue weighted by Crippen LogP contribution is 2.23. The molecule has 2 aromatic rings. The first kappa shape index (κ1) is 14.4. The van der Waals surface area contributed by atoms with E-state index in [1.165, 1.54) is 6.26 Å². The molecule has 0 aliphatic carbocycles. The summed E-state index contributed by atoms with van der Waals surface area (Å²) in [5.41, 5.74) is -0.845. The fourth-order valence-electron chi connectivity index (χ4n) is 1.75. The van der Waals surface area contributed by atoms with E-state index in [1.807, 2.05) is 0 Å². The van der Waals surface area contributed by atoms with Crippen molar-refractivity contribution < 1.29 is 22.0 Å². The van der Waals surface area contributed by atoms with E-state index in [-0.39, 0.29) is 0 Å². The van der Waals surface area contributed by atoms with Crippen LogP contribution < -0.4 is 5.32 Å². The van der Waals surface area contributed by atoms with E-state index in [0.29, 0.717) is 18.6 Å². The van der Waals surface area contributed by atoms with E-state index in [4.69, 9.17) is 4.42 Å². The van der Waals surface area contributed by atoms with Gasteiger partial charge in [-0.15, -0.1) is 0 Å². The van der Waals surface area contributed by atoms with Crippen molar-refractivity contribution in [2.24, 2.45) is 0 Å². The molecule has 3 nitrogen and oxygen atoms in total. The Morgan fingerprint density at radius 3 is 2.40 bits per heavy atom. The second-order valence-corrected chi connectivity index (χ2v) is 4.36. The van der Waals surface area contributed by atoms with Crippen LogP contribution in [0.25, 0.3) is 0 Å². The van der Waals surface area contributed by atoms with Gasteiger partial charge in [-0.05, 0) is 25.5 Å². The Labute approximate surface area is 112 Å². The lowest BCUT2D eigenvalue weighted by Gasteiger charge is -2.16. The lowest BCUT2D eigenvalue weighted by atomic mass is 10.1. The molecular formula is C13H12F4N2O. The third-order valence-corrected chi connectivity index (χ3v) is 2.79. The molecule has 1 atom stereocenters. The SMILES string of the molecule is CC(CCc1ccco1)Nc1c(F)c(F)nc(F)c1F. The number of nitrogens with zero attached hydrogens (tertiary/aromatic N) is 1. The molecule has 0 aliphatic rings. The molecule has 2 aromatic heterocycles. The third-order valence-electron chi connectivity index (χ3n) is 2.79. The van der Waals surface area contributed by atoms with E-state index in [9.17, 15) is 17.6 Å². The summed E-state index contributed by atoms with van der Waals surface area (Å²) in [5, 5.41) is 2.41. The van der Waals surface area contributed by atoms with Gasteiger partial charge in [0, 0.05) is 12.5 Å². The van der Waals surface area contributed by atoms with Crippen LogP contribution in [0.4, 0.5) is 23.2 Å². The number of nitrogens with one attached hydrogen (secondary N) is 1. The van der Waals surface area contributed by atoms with Gasteiger partial charge in [0.1, 0.15) is 11.4 Å². The summed E-state index contributed by atoms with van der Waals surface area (Å²) in [7, 11) is 0. The average molecular weight is 288 g/mol. The van der Waals surface area contributed by atoms with Crippen LogP contribution in [0.15, 0.2) is 22.8 Å². The van der Waals surface area contributed by atoms with Gasteiger partial charge in [-0.25, -0.2) is 0 Å². The van der Waals surface area contributed by atoms with Gasteiger partial charge in [-0.2, -0.15) is 22.5 Å². The van der Waals surface area contributed by atoms with Crippen LogP contribution in [0.3, 0.4) is 0 Å². The van der Waals surface area contributed by atoms with E-state index in [2.05, 4.69) is 10.3 Å². The highest BCUT2D eigenvalue weighted by Gasteiger charge is 2.21. The smallest absolute Gasteiger partial charge is 0.253 e. The maximum absolute atomic E-state index is 13.4. The molecule has 0 fully saturated rings. The van der Waals surface area contributed by atoms with Gasteiger partial charge >= 0.3 is 0 Å². The summed E-state index contributed by atoms with van der Waals surface area (Å²) in [6.45, 7) is 1.64. The van der Waals surface area contributed by atoms with Crippen LogP contribution in [0.2, 0.25) is 0 Å². The summed E-state index contributed by atoms with van der Waals surface area (Å²) < 4.78 is 57.8. The molecule has 0 amide bonds. The largest absolute Gasteiger partial charge is 0.469 e. The zero-order valence-electron chi connectivity index (χ0n) is 10.6. The van der Waals surface area contributed by atoms with E-state index in [0.717, 1.165) is 0 Å². The van der Waals surface area contributed by atoms with Crippen LogP contribution in [0.5, 0.6) is 0 Å². The predicted octanol–water partition coefficient (Wildman–Crippen LogP) is 3.66. The number of halogens is 4. The monoisotopic (exact) mass is 288 g/mol. The molecule has 0 radical (unpaired) electrons. The average Bonchev–Trinajstić information content (AvgIpc) is 2.92. The second-order valence-electron chi connectivity index (χ2n) is 4.36. The minimum Gasteiger partial charge on any atom is -0.469 e. The molecule has 1 unspecified atom stereocenters. The summed E-state index contributed by atoms with van der Waals surface area (Å²) in [6.07, 6.45) is 2.51. The predicted molar refractivity (Wildman–Crippen MR) is 64.2 cm³/mol. The standard InChI is InChI=1S/C13H12F4N2O/c1-7(4-5-8-3-2-6-20-8)18-11-9(14)12(16)19-13(17)10(11)15/h2-3,6-7H,4-5H2,1H3,(H,18,19). The lowest BCUT2D eigenvalue weighted by molar-refractivity contribution is 0.409. The van der Waals surface area contributed by atoms with Crippen LogP contribution >= 0.6 is 0 Å². The van der Waals surface area contributed by atoms with Crippen molar-refractivity contribution in [3.05, 3.63) is 47.7 Å². The van der Waals surface area contributed by atoms with Gasteiger partial charge in [-0.1, -0.05) is 0 Å². The Hall–Kier alpha value is -2.05. The van der Waals surface area contributed by atoms with Gasteiger partial charge in [0.05, 0.1) is 6.26 Å². The van der Waals surface area contributed by atoms with Crippen LogP contribution in [-0.4, -0.2) is 11.0 Å². The highest BCUT2D eigenvalue weighted by atomic mass is 19.2. The van der Waals surface area contributed by atoms with Crippen LogP contribution in [-0.2, 0) is 6.42 Å². The number of anilines is 1. The number of hydrogen-bond acceptors (Lipinski definition) is 3. The molecule has 0 saturated carbocycles. The van der Waals surface area contributed by atoms with E-state index >= 15 is 0 Å². The van der Waals surface area contributed by atoms with Gasteiger partial charge < -0.3 is 9.73 Å². The Morgan fingerprint density at radius 1 is 1.20 bits per heavy atom. The number of rotatable bonds is 5. The Balaban J connectivity index is 2.06. The molecule has 0 spiro atoms. The van der Waals surface area contributed by atoms with Gasteiger partial charge in [0.2, 0.25) is 11.6 Å². The van der Waals surface area contributed by atoms with Crippen molar-refractivity contribution in [1.82, 2.24) is 4.98 Å². The molecular weight excluding hydrogens is 276 g/mol. The van der Waals surface area contributed by atoms with Gasteiger partial charge in [-0.3, -0.25) is 0 Å². The molecule has 1 N–H and O–H groups in total. The van der Waals surface area contributed by atoms with Crippen molar-refractivity contribution in [3.63, 3.8) is 0 Å². The van der Waals surface area contributed by atoms with Crippen molar-refractivity contribution in [2.75, 3.05) is 5.32 Å². The number of aryl methyl sites for hydroxylation is 1.